The Morgan fingerprint density at radius 3 is 2.62 bits per heavy atom. The van der Waals surface area contributed by atoms with Crippen molar-refractivity contribution in [2.45, 2.75) is 6.92 Å². The topological polar surface area (TPSA) is 60.1 Å². The lowest BCUT2D eigenvalue weighted by Crippen LogP contribution is -2.20. The molecule has 0 fully saturated rings. The number of pyridine rings is 1. The van der Waals surface area contributed by atoms with Crippen LogP contribution in [0.1, 0.15) is 5.69 Å². The number of nitrogens with zero attached hydrogens (tertiary/aromatic N) is 3. The van der Waals surface area contributed by atoms with Gasteiger partial charge in [0.2, 0.25) is 0 Å². The first-order valence-corrected chi connectivity index (χ1v) is 4.89. The molecule has 2 rings (SSSR count). The van der Waals surface area contributed by atoms with Crippen molar-refractivity contribution >= 4 is 0 Å². The Morgan fingerprint density at radius 2 is 2.06 bits per heavy atom. The molecule has 2 aromatic heterocycles. The summed E-state index contributed by atoms with van der Waals surface area (Å²) in [6.45, 7) is 1.77. The molecule has 0 aliphatic rings. The molecule has 0 aliphatic carbocycles. The van der Waals surface area contributed by atoms with Gasteiger partial charge in [-0.2, -0.15) is 5.10 Å². The molecule has 0 amide bonds. The smallest absolute Gasteiger partial charge is 0.262 e. The molecular weight excluding hydrogens is 206 g/mol. The molecule has 0 aliphatic heterocycles. The maximum atomic E-state index is 12.0. The molecule has 0 bridgehead atoms. The van der Waals surface area contributed by atoms with Crippen LogP contribution < -0.4 is 5.56 Å². The summed E-state index contributed by atoms with van der Waals surface area (Å²) in [5.74, 6) is -0.00593. The van der Waals surface area contributed by atoms with Crippen LogP contribution >= 0.6 is 0 Å². The Labute approximate surface area is 92.6 Å². The van der Waals surface area contributed by atoms with E-state index in [9.17, 15) is 9.90 Å². The molecule has 0 saturated carbocycles. The van der Waals surface area contributed by atoms with Gasteiger partial charge in [0, 0.05) is 37.6 Å². The Kier molecular flexibility index (Phi) is 2.30. The summed E-state index contributed by atoms with van der Waals surface area (Å²) in [7, 11) is 3.44. The summed E-state index contributed by atoms with van der Waals surface area (Å²) in [4.78, 5) is 12.0. The van der Waals surface area contributed by atoms with Gasteiger partial charge in [-0.15, -0.1) is 0 Å². The van der Waals surface area contributed by atoms with Gasteiger partial charge in [0.1, 0.15) is 5.75 Å². The predicted octanol–water partition coefficient (Wildman–Crippen LogP) is 0.800. The minimum atomic E-state index is -0.217. The standard InChI is InChI=1S/C11H13N3O2/c1-7-4-9(15)10(11(16)14(7)3)8-5-12-13(2)6-8/h4-6,15H,1-3H3. The third-order valence-electron chi connectivity index (χ3n) is 2.64. The first-order chi connectivity index (χ1) is 7.50. The molecule has 0 atom stereocenters. The van der Waals surface area contributed by atoms with Gasteiger partial charge in [0.05, 0.1) is 11.8 Å². The van der Waals surface area contributed by atoms with Crippen LogP contribution in [-0.4, -0.2) is 19.5 Å². The third-order valence-corrected chi connectivity index (χ3v) is 2.64. The minimum Gasteiger partial charge on any atom is -0.507 e. The fourth-order valence-electron chi connectivity index (χ4n) is 1.63. The van der Waals surface area contributed by atoms with E-state index < -0.39 is 0 Å². The quantitative estimate of drug-likeness (QED) is 0.771. The first kappa shape index (κ1) is 10.5. The van der Waals surface area contributed by atoms with Crippen LogP contribution in [0.2, 0.25) is 0 Å². The van der Waals surface area contributed by atoms with Crippen molar-refractivity contribution in [2.24, 2.45) is 14.1 Å². The maximum Gasteiger partial charge on any atom is 0.262 e. The fraction of sp³-hybridized carbons (Fsp3) is 0.273. The Balaban J connectivity index is 2.75. The molecular formula is C11H13N3O2. The lowest BCUT2D eigenvalue weighted by atomic mass is 10.1. The summed E-state index contributed by atoms with van der Waals surface area (Å²) in [5.41, 5.74) is 1.42. The third kappa shape index (κ3) is 1.50. The average Bonchev–Trinajstić information content (AvgIpc) is 2.61. The molecule has 2 aromatic rings. The molecule has 5 nitrogen and oxygen atoms in total. The van der Waals surface area contributed by atoms with E-state index in [2.05, 4.69) is 5.10 Å². The predicted molar refractivity (Wildman–Crippen MR) is 60.3 cm³/mol. The number of aromatic hydroxyl groups is 1. The van der Waals surface area contributed by atoms with Crippen LogP contribution in [0.3, 0.4) is 0 Å². The van der Waals surface area contributed by atoms with Gasteiger partial charge >= 0.3 is 0 Å². The Bertz CT molecular complexity index is 596. The van der Waals surface area contributed by atoms with Gasteiger partial charge < -0.3 is 9.67 Å². The Morgan fingerprint density at radius 1 is 1.38 bits per heavy atom. The van der Waals surface area contributed by atoms with Gasteiger partial charge in [0.25, 0.3) is 5.56 Å². The number of aromatic nitrogens is 3. The van der Waals surface area contributed by atoms with Gasteiger partial charge in [-0.05, 0) is 6.92 Å². The average molecular weight is 219 g/mol. The van der Waals surface area contributed by atoms with Gasteiger partial charge in [-0.3, -0.25) is 9.48 Å². The maximum absolute atomic E-state index is 12.0. The van der Waals surface area contributed by atoms with Crippen LogP contribution in [0.25, 0.3) is 11.1 Å². The van der Waals surface area contributed by atoms with E-state index in [4.69, 9.17) is 0 Å². The molecule has 0 saturated heterocycles. The highest BCUT2D eigenvalue weighted by atomic mass is 16.3. The number of aryl methyl sites for hydroxylation is 2. The second-order valence-corrected chi connectivity index (χ2v) is 3.81. The lowest BCUT2D eigenvalue weighted by molar-refractivity contribution is 0.473. The van der Waals surface area contributed by atoms with E-state index >= 15 is 0 Å². The van der Waals surface area contributed by atoms with Crippen molar-refractivity contribution in [2.75, 3.05) is 0 Å². The molecule has 5 heteroatoms. The largest absolute Gasteiger partial charge is 0.507 e. The second-order valence-electron chi connectivity index (χ2n) is 3.81. The van der Waals surface area contributed by atoms with Crippen LogP contribution in [0.5, 0.6) is 5.75 Å². The minimum absolute atomic E-state index is 0.00593. The summed E-state index contributed by atoms with van der Waals surface area (Å²) in [6, 6.07) is 1.57. The molecule has 0 unspecified atom stereocenters. The number of rotatable bonds is 1. The highest BCUT2D eigenvalue weighted by molar-refractivity contribution is 5.68. The van der Waals surface area contributed by atoms with E-state index in [0.717, 1.165) is 5.69 Å². The van der Waals surface area contributed by atoms with E-state index in [1.165, 1.54) is 4.57 Å². The van der Waals surface area contributed by atoms with Crippen LogP contribution in [0, 0.1) is 6.92 Å². The molecule has 0 aromatic carbocycles. The SMILES string of the molecule is Cc1cc(O)c(-c2cnn(C)c2)c(=O)n1C. The lowest BCUT2D eigenvalue weighted by Gasteiger charge is -2.07. The van der Waals surface area contributed by atoms with Crippen molar-refractivity contribution < 1.29 is 5.11 Å². The molecule has 84 valence electrons. The van der Waals surface area contributed by atoms with E-state index in [0.29, 0.717) is 11.1 Å². The van der Waals surface area contributed by atoms with Crippen molar-refractivity contribution in [3.63, 3.8) is 0 Å². The molecule has 0 radical (unpaired) electrons. The van der Waals surface area contributed by atoms with Crippen molar-refractivity contribution in [1.29, 1.82) is 0 Å². The fourth-order valence-corrected chi connectivity index (χ4v) is 1.63. The second kappa shape index (κ2) is 3.52. The first-order valence-electron chi connectivity index (χ1n) is 4.89. The van der Waals surface area contributed by atoms with Crippen LogP contribution in [0.15, 0.2) is 23.3 Å². The Hall–Kier alpha value is -2.04. The van der Waals surface area contributed by atoms with E-state index in [1.807, 2.05) is 0 Å². The normalized spacial score (nSPS) is 10.7. The zero-order valence-electron chi connectivity index (χ0n) is 9.43. The molecule has 16 heavy (non-hydrogen) atoms. The number of hydrogen-bond donors (Lipinski definition) is 1. The summed E-state index contributed by atoms with van der Waals surface area (Å²) < 4.78 is 3.09. The van der Waals surface area contributed by atoms with Crippen molar-refractivity contribution in [3.05, 3.63) is 34.5 Å². The van der Waals surface area contributed by atoms with Crippen LogP contribution in [-0.2, 0) is 14.1 Å². The number of hydrogen-bond acceptors (Lipinski definition) is 3. The summed E-state index contributed by atoms with van der Waals surface area (Å²) >= 11 is 0. The van der Waals surface area contributed by atoms with Gasteiger partial charge in [-0.1, -0.05) is 0 Å². The molecule has 0 spiro atoms. The zero-order chi connectivity index (χ0) is 11.9. The van der Waals surface area contributed by atoms with E-state index in [1.54, 1.807) is 44.2 Å². The highest BCUT2D eigenvalue weighted by Gasteiger charge is 2.13. The van der Waals surface area contributed by atoms with E-state index in [-0.39, 0.29) is 11.3 Å². The monoisotopic (exact) mass is 219 g/mol. The highest BCUT2D eigenvalue weighted by Crippen LogP contribution is 2.25. The van der Waals surface area contributed by atoms with Crippen molar-refractivity contribution in [3.8, 4) is 16.9 Å². The molecule has 1 N–H and O–H groups in total. The van der Waals surface area contributed by atoms with Crippen molar-refractivity contribution in [1.82, 2.24) is 14.3 Å². The van der Waals surface area contributed by atoms with Gasteiger partial charge in [-0.25, -0.2) is 0 Å². The summed E-state index contributed by atoms with van der Waals surface area (Å²) in [6.07, 6.45) is 3.26. The van der Waals surface area contributed by atoms with Crippen LogP contribution in [0.4, 0.5) is 0 Å². The van der Waals surface area contributed by atoms with Gasteiger partial charge in [0.15, 0.2) is 0 Å². The summed E-state index contributed by atoms with van der Waals surface area (Å²) in [5, 5.41) is 13.8. The molecule has 2 heterocycles. The zero-order valence-corrected chi connectivity index (χ0v) is 9.43.